The minimum Gasteiger partial charge on any atom is -0.298 e. The van der Waals surface area contributed by atoms with Crippen LogP contribution in [0, 0.1) is 0 Å². The predicted octanol–water partition coefficient (Wildman–Crippen LogP) is 1.86. The van der Waals surface area contributed by atoms with Gasteiger partial charge in [0.15, 0.2) is 5.13 Å². The van der Waals surface area contributed by atoms with Gasteiger partial charge in [0.1, 0.15) is 6.33 Å². The Kier molecular flexibility index (Phi) is 3.15. The second-order valence-corrected chi connectivity index (χ2v) is 6.08. The van der Waals surface area contributed by atoms with Crippen molar-refractivity contribution < 1.29 is 4.79 Å². The molecule has 0 saturated carbocycles. The minimum absolute atomic E-state index is 0.157. The van der Waals surface area contributed by atoms with Crippen molar-refractivity contribution in [1.29, 1.82) is 0 Å². The highest BCUT2D eigenvalue weighted by Crippen LogP contribution is 2.30. The number of nitrogens with one attached hydrogen (secondary N) is 1. The van der Waals surface area contributed by atoms with E-state index in [1.165, 1.54) is 22.3 Å². The van der Waals surface area contributed by atoms with E-state index in [1.54, 1.807) is 35.6 Å². The number of aromatic nitrogens is 5. The van der Waals surface area contributed by atoms with E-state index in [-0.39, 0.29) is 5.91 Å². The Labute approximate surface area is 130 Å². The van der Waals surface area contributed by atoms with Crippen LogP contribution < -0.4 is 5.32 Å². The highest BCUT2D eigenvalue weighted by Gasteiger charge is 2.18. The van der Waals surface area contributed by atoms with E-state index in [2.05, 4.69) is 25.8 Å². The standard InChI is InChI=1S/C14H12N6OS/c21-13(17-14-16-11-2-1-3-12(11)22-14)9-4-6-10(7-5-9)20-8-15-18-19-20/h4-8H,1-3H2,(H,16,17,21). The van der Waals surface area contributed by atoms with E-state index in [0.717, 1.165) is 24.2 Å². The average Bonchev–Trinajstić information content (AvgIpc) is 3.24. The molecule has 1 N–H and O–H groups in total. The quantitative estimate of drug-likeness (QED) is 0.798. The second-order valence-electron chi connectivity index (χ2n) is 5.00. The SMILES string of the molecule is O=C(Nc1nc2c(s1)CCC2)c1ccc(-n2cnnn2)cc1. The lowest BCUT2D eigenvalue weighted by Gasteiger charge is -2.03. The molecule has 22 heavy (non-hydrogen) atoms. The fourth-order valence-corrected chi connectivity index (χ4v) is 3.50. The molecule has 0 atom stereocenters. The molecular formula is C14H12N6OS. The smallest absolute Gasteiger partial charge is 0.257 e. The molecule has 1 aliphatic rings. The molecule has 2 heterocycles. The normalized spacial score (nSPS) is 13.1. The summed E-state index contributed by atoms with van der Waals surface area (Å²) in [6.45, 7) is 0. The number of thiazole rings is 1. The van der Waals surface area contributed by atoms with Gasteiger partial charge in [-0.3, -0.25) is 10.1 Å². The van der Waals surface area contributed by atoms with Crippen molar-refractivity contribution in [3.63, 3.8) is 0 Å². The van der Waals surface area contributed by atoms with Crippen molar-refractivity contribution in [3.05, 3.63) is 46.7 Å². The molecule has 0 saturated heterocycles. The molecule has 4 rings (SSSR count). The fourth-order valence-electron chi connectivity index (χ4n) is 2.46. The van der Waals surface area contributed by atoms with Crippen LogP contribution in [0.15, 0.2) is 30.6 Å². The summed E-state index contributed by atoms with van der Waals surface area (Å²) in [5.41, 5.74) is 2.51. The molecule has 0 unspecified atom stereocenters. The van der Waals surface area contributed by atoms with E-state index in [0.29, 0.717) is 10.7 Å². The van der Waals surface area contributed by atoms with E-state index in [4.69, 9.17) is 0 Å². The molecule has 0 radical (unpaired) electrons. The molecule has 7 nitrogen and oxygen atoms in total. The first-order valence-corrected chi connectivity index (χ1v) is 7.74. The lowest BCUT2D eigenvalue weighted by atomic mass is 10.2. The number of nitrogens with zero attached hydrogens (tertiary/aromatic N) is 5. The summed E-state index contributed by atoms with van der Waals surface area (Å²) in [6.07, 6.45) is 4.76. The summed E-state index contributed by atoms with van der Waals surface area (Å²) in [6, 6.07) is 7.08. The van der Waals surface area contributed by atoms with Gasteiger partial charge >= 0.3 is 0 Å². The lowest BCUT2D eigenvalue weighted by Crippen LogP contribution is -2.12. The van der Waals surface area contributed by atoms with Gasteiger partial charge in [0, 0.05) is 10.4 Å². The zero-order chi connectivity index (χ0) is 14.9. The van der Waals surface area contributed by atoms with Crippen LogP contribution >= 0.6 is 11.3 Å². The summed E-state index contributed by atoms with van der Waals surface area (Å²) in [5.74, 6) is -0.157. The monoisotopic (exact) mass is 312 g/mol. The zero-order valence-corrected chi connectivity index (χ0v) is 12.4. The zero-order valence-electron chi connectivity index (χ0n) is 11.6. The van der Waals surface area contributed by atoms with Crippen LogP contribution in [0.5, 0.6) is 0 Å². The van der Waals surface area contributed by atoms with Crippen molar-refractivity contribution in [2.45, 2.75) is 19.3 Å². The van der Waals surface area contributed by atoms with Gasteiger partial charge in [0.2, 0.25) is 0 Å². The Bertz CT molecular complexity index is 787. The lowest BCUT2D eigenvalue weighted by molar-refractivity contribution is 0.102. The van der Waals surface area contributed by atoms with Crippen LogP contribution in [0.2, 0.25) is 0 Å². The van der Waals surface area contributed by atoms with E-state index < -0.39 is 0 Å². The van der Waals surface area contributed by atoms with Crippen LogP contribution in [0.25, 0.3) is 5.69 Å². The third kappa shape index (κ3) is 2.37. The maximum absolute atomic E-state index is 12.2. The number of carbonyl (C=O) groups excluding carboxylic acids is 1. The fraction of sp³-hybridized carbons (Fsp3) is 0.214. The third-order valence-corrected chi connectivity index (χ3v) is 4.63. The van der Waals surface area contributed by atoms with Gasteiger partial charge in [-0.25, -0.2) is 9.67 Å². The van der Waals surface area contributed by atoms with Gasteiger partial charge < -0.3 is 0 Å². The van der Waals surface area contributed by atoms with Crippen molar-refractivity contribution in [2.24, 2.45) is 0 Å². The third-order valence-electron chi connectivity index (χ3n) is 3.56. The van der Waals surface area contributed by atoms with Crippen LogP contribution in [0.4, 0.5) is 5.13 Å². The van der Waals surface area contributed by atoms with Gasteiger partial charge in [-0.05, 0) is 54.0 Å². The molecule has 1 aromatic carbocycles. The van der Waals surface area contributed by atoms with Crippen LogP contribution in [-0.4, -0.2) is 31.1 Å². The maximum Gasteiger partial charge on any atom is 0.257 e. The number of tetrazole rings is 1. The number of amides is 1. The summed E-state index contributed by atoms with van der Waals surface area (Å²) < 4.78 is 1.53. The van der Waals surface area contributed by atoms with Gasteiger partial charge in [0.25, 0.3) is 5.91 Å². The molecular weight excluding hydrogens is 300 g/mol. The molecule has 0 spiro atoms. The number of aryl methyl sites for hydroxylation is 2. The van der Waals surface area contributed by atoms with Crippen LogP contribution in [-0.2, 0) is 12.8 Å². The molecule has 0 fully saturated rings. The summed E-state index contributed by atoms with van der Waals surface area (Å²) in [4.78, 5) is 18.0. The largest absolute Gasteiger partial charge is 0.298 e. The van der Waals surface area contributed by atoms with Crippen molar-refractivity contribution in [3.8, 4) is 5.69 Å². The number of anilines is 1. The molecule has 1 amide bonds. The molecule has 0 aliphatic heterocycles. The molecule has 0 bridgehead atoms. The first-order chi connectivity index (χ1) is 10.8. The number of hydrogen-bond donors (Lipinski definition) is 1. The van der Waals surface area contributed by atoms with Gasteiger partial charge in [0.05, 0.1) is 11.4 Å². The van der Waals surface area contributed by atoms with Crippen molar-refractivity contribution in [2.75, 3.05) is 5.32 Å². The van der Waals surface area contributed by atoms with Crippen LogP contribution in [0.3, 0.4) is 0 Å². The van der Waals surface area contributed by atoms with Crippen LogP contribution in [0.1, 0.15) is 27.3 Å². The Morgan fingerprint density at radius 3 is 2.82 bits per heavy atom. The van der Waals surface area contributed by atoms with Crippen molar-refractivity contribution in [1.82, 2.24) is 25.2 Å². The molecule has 1 aliphatic carbocycles. The number of carbonyl (C=O) groups is 1. The summed E-state index contributed by atoms with van der Waals surface area (Å²) >= 11 is 1.57. The molecule has 2 aromatic heterocycles. The Morgan fingerprint density at radius 2 is 2.09 bits per heavy atom. The predicted molar refractivity (Wildman–Crippen MR) is 81.2 cm³/mol. The van der Waals surface area contributed by atoms with Gasteiger partial charge in [-0.2, -0.15) is 0 Å². The Morgan fingerprint density at radius 1 is 1.23 bits per heavy atom. The minimum atomic E-state index is -0.157. The van der Waals surface area contributed by atoms with E-state index in [1.807, 2.05) is 0 Å². The highest BCUT2D eigenvalue weighted by molar-refractivity contribution is 7.15. The first kappa shape index (κ1) is 13.1. The number of benzene rings is 1. The first-order valence-electron chi connectivity index (χ1n) is 6.93. The number of hydrogen-bond acceptors (Lipinski definition) is 6. The maximum atomic E-state index is 12.2. The Balaban J connectivity index is 1.50. The highest BCUT2D eigenvalue weighted by atomic mass is 32.1. The van der Waals surface area contributed by atoms with Crippen molar-refractivity contribution >= 4 is 22.4 Å². The summed E-state index contributed by atoms with van der Waals surface area (Å²) in [5, 5.41) is 14.5. The topological polar surface area (TPSA) is 85.6 Å². The van der Waals surface area contributed by atoms with Gasteiger partial charge in [-0.15, -0.1) is 16.4 Å². The summed E-state index contributed by atoms with van der Waals surface area (Å²) in [7, 11) is 0. The Hall–Kier alpha value is -2.61. The molecule has 110 valence electrons. The second kappa shape index (κ2) is 5.30. The molecule has 3 aromatic rings. The molecule has 8 heteroatoms. The van der Waals surface area contributed by atoms with Gasteiger partial charge in [-0.1, -0.05) is 0 Å². The van der Waals surface area contributed by atoms with E-state index >= 15 is 0 Å². The number of rotatable bonds is 3. The van der Waals surface area contributed by atoms with E-state index in [9.17, 15) is 4.79 Å². The number of fused-ring (bicyclic) bond motifs is 1. The average molecular weight is 312 g/mol.